The van der Waals surface area contributed by atoms with Gasteiger partial charge in [0, 0.05) is 25.1 Å². The zero-order valence-corrected chi connectivity index (χ0v) is 11.1. The van der Waals surface area contributed by atoms with Gasteiger partial charge in [0.05, 0.1) is 6.04 Å². The molecule has 1 rings (SSSR count). The lowest BCUT2D eigenvalue weighted by molar-refractivity contribution is -0.137. The SMILES string of the molecule is CC(C)C(C=O)NC(=O)CCCN1C(=O)C=CC1=O. The van der Waals surface area contributed by atoms with Gasteiger partial charge in [-0.3, -0.25) is 19.3 Å². The minimum absolute atomic E-state index is 0.0346. The lowest BCUT2D eigenvalue weighted by Gasteiger charge is -2.17. The molecule has 0 aromatic carbocycles. The van der Waals surface area contributed by atoms with E-state index >= 15 is 0 Å². The first-order valence-corrected chi connectivity index (χ1v) is 6.24. The minimum Gasteiger partial charge on any atom is -0.346 e. The number of aldehydes is 1. The van der Waals surface area contributed by atoms with Gasteiger partial charge in [-0.25, -0.2) is 0 Å². The summed E-state index contributed by atoms with van der Waals surface area (Å²) >= 11 is 0. The molecule has 19 heavy (non-hydrogen) atoms. The Morgan fingerprint density at radius 1 is 1.32 bits per heavy atom. The van der Waals surface area contributed by atoms with Crippen LogP contribution in [0.1, 0.15) is 26.7 Å². The summed E-state index contributed by atoms with van der Waals surface area (Å²) in [6.07, 6.45) is 3.69. The molecule has 1 N–H and O–H groups in total. The Kier molecular flexibility index (Phi) is 5.41. The second kappa shape index (κ2) is 6.82. The summed E-state index contributed by atoms with van der Waals surface area (Å²) in [6.45, 7) is 3.89. The summed E-state index contributed by atoms with van der Waals surface area (Å²) in [7, 11) is 0. The highest BCUT2D eigenvalue weighted by atomic mass is 16.2. The maximum atomic E-state index is 11.6. The summed E-state index contributed by atoms with van der Waals surface area (Å²) in [6, 6.07) is -0.496. The number of amides is 3. The molecular formula is C13H18N2O4. The first-order valence-electron chi connectivity index (χ1n) is 6.24. The number of hydrogen-bond acceptors (Lipinski definition) is 4. The van der Waals surface area contributed by atoms with Crippen molar-refractivity contribution in [2.75, 3.05) is 6.54 Å². The number of carbonyl (C=O) groups is 4. The highest BCUT2D eigenvalue weighted by molar-refractivity contribution is 6.12. The topological polar surface area (TPSA) is 83.6 Å². The van der Waals surface area contributed by atoms with Gasteiger partial charge >= 0.3 is 0 Å². The highest BCUT2D eigenvalue weighted by Crippen LogP contribution is 2.06. The molecule has 1 atom stereocenters. The zero-order chi connectivity index (χ0) is 14.4. The van der Waals surface area contributed by atoms with Gasteiger partial charge in [0.15, 0.2) is 0 Å². The normalized spacial score (nSPS) is 16.1. The fraction of sp³-hybridized carbons (Fsp3) is 0.538. The van der Waals surface area contributed by atoms with Gasteiger partial charge in [-0.2, -0.15) is 0 Å². The van der Waals surface area contributed by atoms with Gasteiger partial charge in [-0.15, -0.1) is 0 Å². The van der Waals surface area contributed by atoms with Crippen molar-refractivity contribution in [3.63, 3.8) is 0 Å². The van der Waals surface area contributed by atoms with Crippen molar-refractivity contribution < 1.29 is 19.2 Å². The molecule has 0 aliphatic carbocycles. The summed E-state index contributed by atoms with van der Waals surface area (Å²) in [4.78, 5) is 45.9. The predicted molar refractivity (Wildman–Crippen MR) is 67.9 cm³/mol. The molecule has 1 heterocycles. The zero-order valence-electron chi connectivity index (χ0n) is 11.1. The number of imide groups is 1. The van der Waals surface area contributed by atoms with Crippen molar-refractivity contribution in [2.24, 2.45) is 5.92 Å². The van der Waals surface area contributed by atoms with Crippen molar-refractivity contribution in [3.05, 3.63) is 12.2 Å². The largest absolute Gasteiger partial charge is 0.346 e. The summed E-state index contributed by atoms with van der Waals surface area (Å²) in [5, 5.41) is 2.60. The van der Waals surface area contributed by atoms with Crippen LogP contribution < -0.4 is 5.32 Å². The summed E-state index contributed by atoms with van der Waals surface area (Å²) < 4.78 is 0. The van der Waals surface area contributed by atoms with E-state index in [1.54, 1.807) is 0 Å². The van der Waals surface area contributed by atoms with E-state index < -0.39 is 6.04 Å². The molecule has 0 saturated carbocycles. The Bertz CT molecular complexity index is 397. The molecule has 3 amide bonds. The minimum atomic E-state index is -0.496. The third-order valence-electron chi connectivity index (χ3n) is 2.88. The number of hydrogen-bond donors (Lipinski definition) is 1. The van der Waals surface area contributed by atoms with Gasteiger partial charge in [-0.05, 0) is 12.3 Å². The van der Waals surface area contributed by atoms with Gasteiger partial charge in [0.25, 0.3) is 11.8 Å². The van der Waals surface area contributed by atoms with E-state index in [9.17, 15) is 19.2 Å². The Balaban J connectivity index is 2.29. The standard InChI is InChI=1S/C13H18N2O4/c1-9(2)10(8-16)14-11(17)4-3-7-15-12(18)5-6-13(15)19/h5-6,8-10H,3-4,7H2,1-2H3,(H,14,17). The average Bonchev–Trinajstić information content (AvgIpc) is 2.67. The van der Waals surface area contributed by atoms with Crippen LogP contribution in [0.2, 0.25) is 0 Å². The molecule has 0 bridgehead atoms. The van der Waals surface area contributed by atoms with Gasteiger partial charge in [-0.1, -0.05) is 13.8 Å². The van der Waals surface area contributed by atoms with Gasteiger partial charge in [0.2, 0.25) is 5.91 Å². The van der Waals surface area contributed by atoms with E-state index in [-0.39, 0.29) is 36.6 Å². The Labute approximate surface area is 111 Å². The van der Waals surface area contributed by atoms with Crippen LogP contribution in [0.4, 0.5) is 0 Å². The van der Waals surface area contributed by atoms with Crippen LogP contribution in [0.3, 0.4) is 0 Å². The second-order valence-corrected chi connectivity index (χ2v) is 4.74. The molecule has 1 aliphatic heterocycles. The van der Waals surface area contributed by atoms with Crippen molar-refractivity contribution in [3.8, 4) is 0 Å². The van der Waals surface area contributed by atoms with Crippen molar-refractivity contribution in [2.45, 2.75) is 32.7 Å². The number of rotatable bonds is 7. The predicted octanol–water partition coefficient (Wildman–Crippen LogP) is 0.0313. The molecule has 1 aliphatic rings. The molecule has 1 unspecified atom stereocenters. The second-order valence-electron chi connectivity index (χ2n) is 4.74. The molecule has 0 fully saturated rings. The molecule has 0 spiro atoms. The Morgan fingerprint density at radius 3 is 2.37 bits per heavy atom. The van der Waals surface area contributed by atoms with E-state index in [0.29, 0.717) is 12.7 Å². The Morgan fingerprint density at radius 2 is 1.89 bits per heavy atom. The summed E-state index contributed by atoms with van der Waals surface area (Å²) in [5.74, 6) is -0.915. The van der Waals surface area contributed by atoms with Crippen LogP contribution in [0, 0.1) is 5.92 Å². The highest BCUT2D eigenvalue weighted by Gasteiger charge is 2.23. The fourth-order valence-corrected chi connectivity index (χ4v) is 1.67. The van der Waals surface area contributed by atoms with Crippen LogP contribution in [0.15, 0.2) is 12.2 Å². The van der Waals surface area contributed by atoms with Crippen molar-refractivity contribution >= 4 is 24.0 Å². The first-order chi connectivity index (χ1) is 8.95. The van der Waals surface area contributed by atoms with Gasteiger partial charge < -0.3 is 10.1 Å². The third kappa shape index (κ3) is 4.31. The third-order valence-corrected chi connectivity index (χ3v) is 2.88. The lowest BCUT2D eigenvalue weighted by atomic mass is 10.1. The molecular weight excluding hydrogens is 248 g/mol. The van der Waals surface area contributed by atoms with Crippen LogP contribution in [0.25, 0.3) is 0 Å². The Hall–Kier alpha value is -1.98. The van der Waals surface area contributed by atoms with Crippen LogP contribution in [-0.4, -0.2) is 41.5 Å². The number of nitrogens with zero attached hydrogens (tertiary/aromatic N) is 1. The maximum absolute atomic E-state index is 11.6. The molecule has 0 radical (unpaired) electrons. The van der Waals surface area contributed by atoms with E-state index in [0.717, 1.165) is 4.90 Å². The van der Waals surface area contributed by atoms with E-state index in [2.05, 4.69) is 5.32 Å². The van der Waals surface area contributed by atoms with Crippen molar-refractivity contribution in [1.29, 1.82) is 0 Å². The molecule has 6 heteroatoms. The van der Waals surface area contributed by atoms with Crippen LogP contribution in [-0.2, 0) is 19.2 Å². The van der Waals surface area contributed by atoms with Crippen LogP contribution >= 0.6 is 0 Å². The van der Waals surface area contributed by atoms with E-state index in [1.807, 2.05) is 13.8 Å². The maximum Gasteiger partial charge on any atom is 0.253 e. The van der Waals surface area contributed by atoms with E-state index in [1.165, 1.54) is 12.2 Å². The fourth-order valence-electron chi connectivity index (χ4n) is 1.67. The molecule has 104 valence electrons. The summed E-state index contributed by atoms with van der Waals surface area (Å²) in [5.41, 5.74) is 0. The number of nitrogens with one attached hydrogen (secondary N) is 1. The monoisotopic (exact) mass is 266 g/mol. The molecule has 0 aromatic rings. The molecule has 0 saturated heterocycles. The van der Waals surface area contributed by atoms with Gasteiger partial charge in [0.1, 0.15) is 6.29 Å². The molecule has 0 aromatic heterocycles. The smallest absolute Gasteiger partial charge is 0.253 e. The number of carbonyl (C=O) groups excluding carboxylic acids is 4. The quantitative estimate of drug-likeness (QED) is 0.520. The molecule has 6 nitrogen and oxygen atoms in total. The van der Waals surface area contributed by atoms with Crippen LogP contribution in [0.5, 0.6) is 0 Å². The van der Waals surface area contributed by atoms with E-state index in [4.69, 9.17) is 0 Å². The first kappa shape index (κ1) is 15.1. The average molecular weight is 266 g/mol. The lowest BCUT2D eigenvalue weighted by Crippen LogP contribution is -2.40. The van der Waals surface area contributed by atoms with Crippen molar-refractivity contribution in [1.82, 2.24) is 10.2 Å².